The van der Waals surface area contributed by atoms with Gasteiger partial charge in [-0.2, -0.15) is 0 Å². The molecule has 2 saturated heterocycles. The van der Waals surface area contributed by atoms with Crippen molar-refractivity contribution in [1.82, 2.24) is 9.47 Å². The van der Waals surface area contributed by atoms with Gasteiger partial charge in [0.2, 0.25) is 11.8 Å². The first-order chi connectivity index (χ1) is 14.0. The molecular weight excluding hydrogens is 390 g/mol. The second kappa shape index (κ2) is 7.02. The topological polar surface area (TPSA) is 62.6 Å². The average molecular weight is 412 g/mol. The number of hydrogen-bond acceptors (Lipinski definition) is 3. The van der Waals surface area contributed by atoms with Gasteiger partial charge in [0.1, 0.15) is 0 Å². The maximum absolute atomic E-state index is 13.2. The van der Waals surface area contributed by atoms with Gasteiger partial charge in [0.25, 0.3) is 5.56 Å². The van der Waals surface area contributed by atoms with Crippen molar-refractivity contribution in [3.63, 3.8) is 0 Å². The van der Waals surface area contributed by atoms with Gasteiger partial charge >= 0.3 is 0 Å². The van der Waals surface area contributed by atoms with E-state index in [1.807, 2.05) is 27.7 Å². The lowest BCUT2D eigenvalue weighted by atomic mass is 9.82. The first-order valence-electron chi connectivity index (χ1n) is 10.0. The molecular formula is C22H22ClN3O3. The van der Waals surface area contributed by atoms with Crippen LogP contribution in [-0.2, 0) is 16.1 Å². The molecule has 0 spiro atoms. The molecule has 6 nitrogen and oxygen atoms in total. The summed E-state index contributed by atoms with van der Waals surface area (Å²) < 4.78 is 1.86. The van der Waals surface area contributed by atoms with Gasteiger partial charge in [0.15, 0.2) is 0 Å². The molecule has 4 heterocycles. The molecule has 5 rings (SSSR count). The van der Waals surface area contributed by atoms with Crippen LogP contribution in [0.4, 0.5) is 5.69 Å². The molecule has 1 aromatic carbocycles. The van der Waals surface area contributed by atoms with Crippen molar-refractivity contribution in [2.45, 2.75) is 25.3 Å². The summed E-state index contributed by atoms with van der Waals surface area (Å²) in [4.78, 5) is 41.6. The smallest absolute Gasteiger partial charge is 0.250 e. The number of benzene rings is 1. The van der Waals surface area contributed by atoms with Crippen molar-refractivity contribution in [2.75, 3.05) is 24.5 Å². The Hall–Kier alpha value is -2.60. The molecule has 7 heteroatoms. The number of hydrogen-bond donors (Lipinski definition) is 0. The zero-order valence-corrected chi connectivity index (χ0v) is 16.7. The number of likely N-dealkylation sites (tertiary alicyclic amines) is 1. The van der Waals surface area contributed by atoms with E-state index in [0.717, 1.165) is 17.8 Å². The number of amides is 2. The fraction of sp³-hybridized carbons (Fsp3) is 0.409. The zero-order valence-electron chi connectivity index (χ0n) is 16.0. The molecule has 3 atom stereocenters. The van der Waals surface area contributed by atoms with Gasteiger partial charge in [0, 0.05) is 61.0 Å². The number of carbonyl (C=O) groups is 2. The summed E-state index contributed by atoms with van der Waals surface area (Å²) in [7, 11) is 0. The molecule has 3 aliphatic rings. The molecule has 0 N–H and O–H groups in total. The number of fused-ring (bicyclic) bond motifs is 4. The summed E-state index contributed by atoms with van der Waals surface area (Å²) in [6, 6.07) is 12.5. The van der Waals surface area contributed by atoms with Crippen molar-refractivity contribution in [3.05, 3.63) is 63.5 Å². The van der Waals surface area contributed by atoms with Crippen molar-refractivity contribution in [2.24, 2.45) is 11.8 Å². The van der Waals surface area contributed by atoms with Gasteiger partial charge in [-0.1, -0.05) is 17.7 Å². The quantitative estimate of drug-likeness (QED) is 0.762. The molecule has 2 bridgehead atoms. The van der Waals surface area contributed by atoms with E-state index < -0.39 is 0 Å². The van der Waals surface area contributed by atoms with Gasteiger partial charge in [-0.05, 0) is 42.7 Å². The van der Waals surface area contributed by atoms with Crippen molar-refractivity contribution in [1.29, 1.82) is 0 Å². The second-order valence-corrected chi connectivity index (χ2v) is 8.76. The number of piperidine rings is 1. The van der Waals surface area contributed by atoms with Gasteiger partial charge in [-0.25, -0.2) is 0 Å². The third-order valence-corrected chi connectivity index (χ3v) is 6.66. The van der Waals surface area contributed by atoms with Crippen LogP contribution in [0.15, 0.2) is 47.3 Å². The Bertz CT molecular complexity index is 1030. The minimum atomic E-state index is -0.324. The van der Waals surface area contributed by atoms with Gasteiger partial charge < -0.3 is 14.4 Å². The largest absolute Gasteiger partial charge is 0.341 e. The number of halogens is 1. The summed E-state index contributed by atoms with van der Waals surface area (Å²) in [6.07, 6.45) is 1.25. The lowest BCUT2D eigenvalue weighted by Crippen LogP contribution is -2.50. The second-order valence-electron chi connectivity index (χ2n) is 8.32. The SMILES string of the molecule is O=C(C1CC(=O)N(c2ccc(Cl)cc2)C1)N1C[C@@H]2C[C@@H](C1)c1cccc(=O)n1C2. The summed E-state index contributed by atoms with van der Waals surface area (Å²) in [5.41, 5.74) is 1.84. The van der Waals surface area contributed by atoms with Crippen LogP contribution in [0.5, 0.6) is 0 Å². The highest BCUT2D eigenvalue weighted by atomic mass is 35.5. The molecule has 29 heavy (non-hydrogen) atoms. The van der Waals surface area contributed by atoms with Crippen molar-refractivity contribution in [3.8, 4) is 0 Å². The first-order valence-corrected chi connectivity index (χ1v) is 10.4. The van der Waals surface area contributed by atoms with E-state index in [2.05, 4.69) is 0 Å². The zero-order chi connectivity index (χ0) is 20.1. The summed E-state index contributed by atoms with van der Waals surface area (Å²) in [6.45, 7) is 2.34. The molecule has 2 amide bonds. The number of carbonyl (C=O) groups excluding carboxylic acids is 2. The van der Waals surface area contributed by atoms with E-state index in [1.165, 1.54) is 0 Å². The van der Waals surface area contributed by atoms with E-state index in [-0.39, 0.29) is 41.5 Å². The molecule has 0 radical (unpaired) electrons. The third-order valence-electron chi connectivity index (χ3n) is 6.40. The highest BCUT2D eigenvalue weighted by molar-refractivity contribution is 6.30. The van der Waals surface area contributed by atoms with Gasteiger partial charge in [0.05, 0.1) is 5.92 Å². The van der Waals surface area contributed by atoms with Crippen LogP contribution >= 0.6 is 11.6 Å². The van der Waals surface area contributed by atoms with Gasteiger partial charge in [-0.3, -0.25) is 14.4 Å². The van der Waals surface area contributed by atoms with Crippen LogP contribution in [0.3, 0.4) is 0 Å². The van der Waals surface area contributed by atoms with Crippen molar-refractivity contribution >= 4 is 29.1 Å². The minimum absolute atomic E-state index is 0.0280. The molecule has 2 fully saturated rings. The Morgan fingerprint density at radius 1 is 0.966 bits per heavy atom. The van der Waals surface area contributed by atoms with E-state index in [4.69, 9.17) is 11.6 Å². The first kappa shape index (κ1) is 18.4. The third kappa shape index (κ3) is 3.25. The van der Waals surface area contributed by atoms with E-state index in [1.54, 1.807) is 29.2 Å². The maximum Gasteiger partial charge on any atom is 0.250 e. The normalized spacial score (nSPS) is 25.8. The average Bonchev–Trinajstić information content (AvgIpc) is 3.10. The highest BCUT2D eigenvalue weighted by Gasteiger charge is 2.41. The molecule has 3 aliphatic heterocycles. The van der Waals surface area contributed by atoms with Crippen LogP contribution in [0, 0.1) is 11.8 Å². The maximum atomic E-state index is 13.2. The van der Waals surface area contributed by atoms with Crippen LogP contribution in [-0.4, -0.2) is 40.9 Å². The summed E-state index contributed by atoms with van der Waals surface area (Å²) in [5.74, 6) is 0.172. The molecule has 0 saturated carbocycles. The van der Waals surface area contributed by atoms with E-state index in [9.17, 15) is 14.4 Å². The fourth-order valence-corrected chi connectivity index (χ4v) is 5.20. The molecule has 150 valence electrons. The predicted octanol–water partition coefficient (Wildman–Crippen LogP) is 2.50. The van der Waals surface area contributed by atoms with Crippen LogP contribution in [0.2, 0.25) is 5.02 Å². The number of pyridine rings is 1. The van der Waals surface area contributed by atoms with Crippen molar-refractivity contribution < 1.29 is 9.59 Å². The van der Waals surface area contributed by atoms with E-state index >= 15 is 0 Å². The van der Waals surface area contributed by atoms with Crippen LogP contribution in [0.25, 0.3) is 0 Å². The molecule has 2 aromatic rings. The highest BCUT2D eigenvalue weighted by Crippen LogP contribution is 2.36. The Morgan fingerprint density at radius 2 is 1.76 bits per heavy atom. The Labute approximate surface area is 173 Å². The predicted molar refractivity (Wildman–Crippen MR) is 110 cm³/mol. The van der Waals surface area contributed by atoms with Crippen LogP contribution in [0.1, 0.15) is 24.5 Å². The Kier molecular flexibility index (Phi) is 4.46. The standard InChI is InChI=1S/C22H22ClN3O3/c23-17-4-6-18(7-5-17)25-13-16(9-21(25)28)22(29)24-10-14-8-15(12-24)19-2-1-3-20(27)26(19)11-14/h1-7,14-16H,8-13H2/t14-,15-,16?/m0/s1. The number of anilines is 1. The fourth-order valence-electron chi connectivity index (χ4n) is 5.08. The minimum Gasteiger partial charge on any atom is -0.341 e. The molecule has 1 unspecified atom stereocenters. The van der Waals surface area contributed by atoms with E-state index in [0.29, 0.717) is 31.2 Å². The number of aromatic nitrogens is 1. The Balaban J connectivity index is 1.32. The summed E-state index contributed by atoms with van der Waals surface area (Å²) >= 11 is 5.94. The molecule has 1 aromatic heterocycles. The number of nitrogens with zero attached hydrogens (tertiary/aromatic N) is 3. The Morgan fingerprint density at radius 3 is 2.55 bits per heavy atom. The lowest BCUT2D eigenvalue weighted by Gasteiger charge is -2.43. The lowest BCUT2D eigenvalue weighted by molar-refractivity contribution is -0.138. The molecule has 0 aliphatic carbocycles. The van der Waals surface area contributed by atoms with Gasteiger partial charge in [-0.15, -0.1) is 0 Å². The van der Waals surface area contributed by atoms with Crippen LogP contribution < -0.4 is 10.5 Å². The number of rotatable bonds is 2. The monoisotopic (exact) mass is 411 g/mol. The summed E-state index contributed by atoms with van der Waals surface area (Å²) in [5, 5.41) is 0.618.